The first kappa shape index (κ1) is 9.16. The standard InChI is InChI=1S/C10H11ClO2S/c11-7-1-2-14-10(7)9(12)8-5-3-13-4-6(5)8/h1-2,5-6,8-9,12H,3-4H2. The summed E-state index contributed by atoms with van der Waals surface area (Å²) in [5.74, 6) is 1.53. The number of thiophene rings is 1. The number of ether oxygens (including phenoxy) is 1. The van der Waals surface area contributed by atoms with Gasteiger partial charge in [-0.15, -0.1) is 11.3 Å². The second kappa shape index (κ2) is 3.20. The van der Waals surface area contributed by atoms with Crippen LogP contribution in [0.4, 0.5) is 0 Å². The van der Waals surface area contributed by atoms with Gasteiger partial charge in [-0.3, -0.25) is 0 Å². The fourth-order valence-electron chi connectivity index (χ4n) is 2.44. The minimum atomic E-state index is -0.374. The maximum Gasteiger partial charge on any atom is 0.0932 e. The molecule has 2 heterocycles. The normalized spacial score (nSPS) is 36.9. The molecule has 1 saturated carbocycles. The summed E-state index contributed by atoms with van der Waals surface area (Å²) < 4.78 is 5.29. The van der Waals surface area contributed by atoms with Crippen LogP contribution in [0.25, 0.3) is 0 Å². The summed E-state index contributed by atoms with van der Waals surface area (Å²) in [6.45, 7) is 1.63. The van der Waals surface area contributed by atoms with Gasteiger partial charge in [0.15, 0.2) is 0 Å². The summed E-state index contributed by atoms with van der Waals surface area (Å²) in [4.78, 5) is 0.922. The maximum absolute atomic E-state index is 10.1. The Kier molecular flexibility index (Phi) is 2.10. The summed E-state index contributed by atoms with van der Waals surface area (Å²) >= 11 is 7.52. The molecular formula is C10H11ClO2S. The molecule has 1 aliphatic heterocycles. The fraction of sp³-hybridized carbons (Fsp3) is 0.600. The molecule has 3 atom stereocenters. The lowest BCUT2D eigenvalue weighted by atomic mass is 10.1. The van der Waals surface area contributed by atoms with E-state index in [2.05, 4.69) is 0 Å². The van der Waals surface area contributed by atoms with Crippen LogP contribution in [0, 0.1) is 17.8 Å². The second-order valence-electron chi connectivity index (χ2n) is 4.02. The van der Waals surface area contributed by atoms with E-state index < -0.39 is 0 Å². The van der Waals surface area contributed by atoms with Crippen molar-refractivity contribution < 1.29 is 9.84 Å². The molecule has 14 heavy (non-hydrogen) atoms. The molecular weight excluding hydrogens is 220 g/mol. The van der Waals surface area contributed by atoms with Crippen LogP contribution in [0.15, 0.2) is 11.4 Å². The number of fused-ring (bicyclic) bond motifs is 1. The van der Waals surface area contributed by atoms with Crippen molar-refractivity contribution in [3.05, 3.63) is 21.3 Å². The Hall–Kier alpha value is -0.0900. The molecule has 0 aromatic carbocycles. The molecule has 2 aliphatic rings. The summed E-state index contributed by atoms with van der Waals surface area (Å²) in [6.07, 6.45) is -0.374. The van der Waals surface area contributed by atoms with E-state index in [1.807, 2.05) is 11.4 Å². The van der Waals surface area contributed by atoms with E-state index in [0.717, 1.165) is 18.1 Å². The Balaban J connectivity index is 1.78. The summed E-state index contributed by atoms with van der Waals surface area (Å²) in [6, 6.07) is 1.85. The molecule has 1 aliphatic carbocycles. The number of hydrogen-bond donors (Lipinski definition) is 1. The molecule has 1 N–H and O–H groups in total. The molecule has 76 valence electrons. The van der Waals surface area contributed by atoms with Gasteiger partial charge < -0.3 is 9.84 Å². The zero-order valence-electron chi connectivity index (χ0n) is 7.52. The van der Waals surface area contributed by atoms with E-state index in [4.69, 9.17) is 16.3 Å². The van der Waals surface area contributed by atoms with Crippen molar-refractivity contribution in [1.29, 1.82) is 0 Å². The third-order valence-electron chi connectivity index (χ3n) is 3.30. The zero-order valence-corrected chi connectivity index (χ0v) is 9.09. The van der Waals surface area contributed by atoms with Gasteiger partial charge in [0, 0.05) is 5.92 Å². The Bertz CT molecular complexity index is 342. The Labute approximate surface area is 91.5 Å². The van der Waals surface area contributed by atoms with Crippen molar-refractivity contribution in [3.8, 4) is 0 Å². The predicted molar refractivity (Wildman–Crippen MR) is 55.6 cm³/mol. The molecule has 4 heteroatoms. The highest BCUT2D eigenvalue weighted by atomic mass is 35.5. The third kappa shape index (κ3) is 1.23. The van der Waals surface area contributed by atoms with E-state index in [9.17, 15) is 5.11 Å². The van der Waals surface area contributed by atoms with E-state index in [1.54, 1.807) is 11.3 Å². The Morgan fingerprint density at radius 2 is 2.21 bits per heavy atom. The smallest absolute Gasteiger partial charge is 0.0932 e. The zero-order chi connectivity index (χ0) is 9.71. The van der Waals surface area contributed by atoms with Gasteiger partial charge in [-0.25, -0.2) is 0 Å². The van der Waals surface area contributed by atoms with Gasteiger partial charge in [0.25, 0.3) is 0 Å². The van der Waals surface area contributed by atoms with Crippen LogP contribution in [0.3, 0.4) is 0 Å². The van der Waals surface area contributed by atoms with Gasteiger partial charge in [0.2, 0.25) is 0 Å². The third-order valence-corrected chi connectivity index (χ3v) is 4.73. The number of rotatable bonds is 2. The SMILES string of the molecule is OC(c1sccc1Cl)C1C2COCC21. The first-order valence-corrected chi connectivity index (χ1v) is 6.03. The van der Waals surface area contributed by atoms with Crippen LogP contribution in [0.2, 0.25) is 5.02 Å². The van der Waals surface area contributed by atoms with E-state index in [-0.39, 0.29) is 6.10 Å². The molecule has 2 fully saturated rings. The summed E-state index contributed by atoms with van der Waals surface area (Å²) in [5.41, 5.74) is 0. The van der Waals surface area contributed by atoms with Gasteiger partial charge in [0.05, 0.1) is 29.2 Å². The average molecular weight is 231 g/mol. The first-order valence-electron chi connectivity index (χ1n) is 4.77. The first-order chi connectivity index (χ1) is 6.79. The Morgan fingerprint density at radius 1 is 1.50 bits per heavy atom. The molecule has 0 spiro atoms. The Morgan fingerprint density at radius 3 is 2.79 bits per heavy atom. The molecule has 0 amide bonds. The van der Waals surface area contributed by atoms with Crippen LogP contribution in [0.5, 0.6) is 0 Å². The van der Waals surface area contributed by atoms with Crippen molar-refractivity contribution in [2.24, 2.45) is 17.8 Å². The van der Waals surface area contributed by atoms with Crippen molar-refractivity contribution >= 4 is 22.9 Å². The van der Waals surface area contributed by atoms with Crippen LogP contribution in [-0.4, -0.2) is 18.3 Å². The largest absolute Gasteiger partial charge is 0.387 e. The highest BCUT2D eigenvalue weighted by Gasteiger charge is 2.57. The molecule has 1 saturated heterocycles. The van der Waals surface area contributed by atoms with Crippen LogP contribution in [-0.2, 0) is 4.74 Å². The lowest BCUT2D eigenvalue weighted by molar-refractivity contribution is 0.0906. The minimum Gasteiger partial charge on any atom is -0.387 e. The lowest BCUT2D eigenvalue weighted by Crippen LogP contribution is -2.07. The number of hydrogen-bond acceptors (Lipinski definition) is 3. The van der Waals surface area contributed by atoms with E-state index in [1.165, 1.54) is 0 Å². The van der Waals surface area contributed by atoms with Crippen molar-refractivity contribution in [2.45, 2.75) is 6.10 Å². The van der Waals surface area contributed by atoms with Gasteiger partial charge >= 0.3 is 0 Å². The maximum atomic E-state index is 10.1. The monoisotopic (exact) mass is 230 g/mol. The highest BCUT2D eigenvalue weighted by Crippen LogP contribution is 2.57. The van der Waals surface area contributed by atoms with Gasteiger partial charge in [-0.05, 0) is 23.3 Å². The second-order valence-corrected chi connectivity index (χ2v) is 5.38. The molecule has 2 nitrogen and oxygen atoms in total. The number of aliphatic hydroxyl groups is 1. The quantitative estimate of drug-likeness (QED) is 0.845. The summed E-state index contributed by atoms with van der Waals surface area (Å²) in [7, 11) is 0. The topological polar surface area (TPSA) is 29.5 Å². The molecule has 1 aromatic rings. The van der Waals surface area contributed by atoms with Crippen LogP contribution in [0.1, 0.15) is 11.0 Å². The van der Waals surface area contributed by atoms with E-state index in [0.29, 0.717) is 22.8 Å². The predicted octanol–water partition coefficient (Wildman–Crippen LogP) is 2.33. The van der Waals surface area contributed by atoms with Crippen molar-refractivity contribution in [1.82, 2.24) is 0 Å². The number of halogens is 1. The van der Waals surface area contributed by atoms with Crippen LogP contribution >= 0.6 is 22.9 Å². The van der Waals surface area contributed by atoms with Gasteiger partial charge in [-0.1, -0.05) is 11.6 Å². The van der Waals surface area contributed by atoms with Gasteiger partial charge in [-0.2, -0.15) is 0 Å². The molecule has 3 rings (SSSR count). The minimum absolute atomic E-state index is 0.374. The highest BCUT2D eigenvalue weighted by molar-refractivity contribution is 7.10. The summed E-state index contributed by atoms with van der Waals surface area (Å²) in [5, 5.41) is 12.7. The van der Waals surface area contributed by atoms with Crippen LogP contribution < -0.4 is 0 Å². The van der Waals surface area contributed by atoms with E-state index >= 15 is 0 Å². The molecule has 0 radical (unpaired) electrons. The number of aliphatic hydroxyl groups excluding tert-OH is 1. The lowest BCUT2D eigenvalue weighted by Gasteiger charge is -2.11. The molecule has 1 aromatic heterocycles. The van der Waals surface area contributed by atoms with Crippen molar-refractivity contribution in [2.75, 3.05) is 13.2 Å². The fourth-order valence-corrected chi connectivity index (χ4v) is 3.65. The molecule has 0 bridgehead atoms. The van der Waals surface area contributed by atoms with Crippen molar-refractivity contribution in [3.63, 3.8) is 0 Å². The molecule has 3 unspecified atom stereocenters. The average Bonchev–Trinajstić information content (AvgIpc) is 2.57. The van der Waals surface area contributed by atoms with Gasteiger partial charge in [0.1, 0.15) is 0 Å².